The molecule has 6 nitrogen and oxygen atoms in total. The van der Waals surface area contributed by atoms with Crippen LogP contribution in [0.5, 0.6) is 0 Å². The molecule has 1 unspecified atom stereocenters. The van der Waals surface area contributed by atoms with Gasteiger partial charge in [-0.05, 0) is 54.3 Å². The van der Waals surface area contributed by atoms with Crippen LogP contribution in [0.25, 0.3) is 6.08 Å². The number of rotatable bonds is 9. The molecule has 29 heavy (non-hydrogen) atoms. The summed E-state index contributed by atoms with van der Waals surface area (Å²) in [6.45, 7) is 0. The number of nitrogens with one attached hydrogen (secondary N) is 2. The van der Waals surface area contributed by atoms with E-state index in [-0.39, 0.29) is 12.1 Å². The number of carbonyl (C=O) groups is 3. The molecule has 0 saturated heterocycles. The lowest BCUT2D eigenvalue weighted by Gasteiger charge is -2.16. The summed E-state index contributed by atoms with van der Waals surface area (Å²) in [5.41, 5.74) is 0.671. The van der Waals surface area contributed by atoms with Crippen LogP contribution in [0, 0.1) is 5.82 Å². The van der Waals surface area contributed by atoms with Gasteiger partial charge in [-0.1, -0.05) is 30.3 Å². The molecule has 0 radical (unpaired) electrons. The van der Waals surface area contributed by atoms with Gasteiger partial charge < -0.3 is 15.7 Å². The van der Waals surface area contributed by atoms with Gasteiger partial charge in [0, 0.05) is 5.56 Å². The number of amides is 2. The van der Waals surface area contributed by atoms with E-state index in [2.05, 4.69) is 10.6 Å². The average Bonchev–Trinajstić information content (AvgIpc) is 2.72. The summed E-state index contributed by atoms with van der Waals surface area (Å²) in [5.74, 6) is -2.32. The molecule has 0 heterocycles. The molecule has 2 aromatic carbocycles. The van der Waals surface area contributed by atoms with Crippen LogP contribution in [-0.4, -0.2) is 40.9 Å². The van der Waals surface area contributed by atoms with Gasteiger partial charge in [-0.3, -0.25) is 9.59 Å². The minimum atomic E-state index is -1.16. The van der Waals surface area contributed by atoms with E-state index >= 15 is 0 Å². The Morgan fingerprint density at radius 1 is 1.10 bits per heavy atom. The highest BCUT2D eigenvalue weighted by atomic mass is 32.2. The van der Waals surface area contributed by atoms with E-state index in [4.69, 9.17) is 0 Å². The van der Waals surface area contributed by atoms with E-state index in [1.54, 1.807) is 30.3 Å². The van der Waals surface area contributed by atoms with Crippen molar-refractivity contribution in [2.24, 2.45) is 0 Å². The molecule has 0 fully saturated rings. The second kappa shape index (κ2) is 11.0. The number of carbonyl (C=O) groups excluding carboxylic acids is 2. The Labute approximate surface area is 172 Å². The number of hydrogen-bond donors (Lipinski definition) is 3. The van der Waals surface area contributed by atoms with Crippen molar-refractivity contribution in [2.45, 2.75) is 12.5 Å². The minimum absolute atomic E-state index is 0.138. The maximum absolute atomic E-state index is 13.2. The molecule has 2 amide bonds. The van der Waals surface area contributed by atoms with Crippen molar-refractivity contribution in [3.63, 3.8) is 0 Å². The molecule has 0 bridgehead atoms. The molecule has 0 aliphatic rings. The third-order valence-corrected chi connectivity index (χ3v) is 4.57. The van der Waals surface area contributed by atoms with E-state index in [9.17, 15) is 23.9 Å². The lowest BCUT2D eigenvalue weighted by molar-refractivity contribution is -0.141. The molecule has 0 aliphatic heterocycles. The standard InChI is InChI=1S/C21H21FN2O4S/c1-29-12-11-17(21(27)28)23-20(26)18(13-14-7-9-16(22)10-8-14)24-19(25)15-5-3-2-4-6-15/h2-10,13,17H,11-12H2,1H3,(H,23,26)(H,24,25)(H,27,28)/b18-13-. The zero-order valence-corrected chi connectivity index (χ0v) is 16.5. The van der Waals surface area contributed by atoms with Crippen molar-refractivity contribution in [2.75, 3.05) is 12.0 Å². The van der Waals surface area contributed by atoms with Gasteiger partial charge in [0.1, 0.15) is 17.6 Å². The topological polar surface area (TPSA) is 95.5 Å². The maximum Gasteiger partial charge on any atom is 0.326 e. The molecule has 0 aromatic heterocycles. The molecule has 0 spiro atoms. The molecular formula is C21H21FN2O4S. The van der Waals surface area contributed by atoms with Crippen LogP contribution in [0.1, 0.15) is 22.3 Å². The number of aliphatic carboxylic acids is 1. The number of hydrogen-bond acceptors (Lipinski definition) is 4. The Bertz CT molecular complexity index is 885. The maximum atomic E-state index is 13.2. The number of benzene rings is 2. The molecule has 0 aliphatic carbocycles. The van der Waals surface area contributed by atoms with Crippen LogP contribution in [0.4, 0.5) is 4.39 Å². The van der Waals surface area contributed by atoms with Crippen molar-refractivity contribution in [3.05, 3.63) is 77.2 Å². The summed E-state index contributed by atoms with van der Waals surface area (Å²) < 4.78 is 13.2. The zero-order chi connectivity index (χ0) is 21.2. The predicted octanol–water partition coefficient (Wildman–Crippen LogP) is 2.92. The van der Waals surface area contributed by atoms with Gasteiger partial charge in [0.2, 0.25) is 0 Å². The zero-order valence-electron chi connectivity index (χ0n) is 15.7. The van der Waals surface area contributed by atoms with E-state index in [0.717, 1.165) is 0 Å². The first-order valence-corrected chi connectivity index (χ1v) is 10.2. The van der Waals surface area contributed by atoms with Gasteiger partial charge in [-0.2, -0.15) is 11.8 Å². The Hall–Kier alpha value is -3.13. The second-order valence-electron chi connectivity index (χ2n) is 6.08. The monoisotopic (exact) mass is 416 g/mol. The smallest absolute Gasteiger partial charge is 0.326 e. The minimum Gasteiger partial charge on any atom is -0.480 e. The first kappa shape index (κ1) is 22.2. The molecule has 3 N–H and O–H groups in total. The molecule has 2 aromatic rings. The van der Waals surface area contributed by atoms with Gasteiger partial charge in [-0.25, -0.2) is 9.18 Å². The summed E-state index contributed by atoms with van der Waals surface area (Å²) in [5, 5.41) is 14.3. The van der Waals surface area contributed by atoms with Gasteiger partial charge in [0.15, 0.2) is 0 Å². The van der Waals surface area contributed by atoms with Crippen LogP contribution < -0.4 is 10.6 Å². The lowest BCUT2D eigenvalue weighted by Crippen LogP contribution is -2.44. The van der Waals surface area contributed by atoms with Crippen LogP contribution in [0.3, 0.4) is 0 Å². The van der Waals surface area contributed by atoms with Gasteiger partial charge >= 0.3 is 5.97 Å². The predicted molar refractivity (Wildman–Crippen MR) is 111 cm³/mol. The summed E-state index contributed by atoms with van der Waals surface area (Å²) in [6, 6.07) is 12.5. The summed E-state index contributed by atoms with van der Waals surface area (Å²) in [7, 11) is 0. The van der Waals surface area contributed by atoms with E-state index in [1.807, 2.05) is 6.26 Å². The van der Waals surface area contributed by atoms with Crippen LogP contribution in [0.15, 0.2) is 60.3 Å². The van der Waals surface area contributed by atoms with Gasteiger partial charge in [0.25, 0.3) is 11.8 Å². The first-order valence-electron chi connectivity index (χ1n) is 8.77. The molecule has 2 rings (SSSR count). The van der Waals surface area contributed by atoms with Gasteiger partial charge in [0.05, 0.1) is 0 Å². The second-order valence-corrected chi connectivity index (χ2v) is 7.06. The highest BCUT2D eigenvalue weighted by Gasteiger charge is 2.22. The molecular weight excluding hydrogens is 395 g/mol. The SMILES string of the molecule is CSCCC(NC(=O)/C(=C/c1ccc(F)cc1)NC(=O)c1ccccc1)C(=O)O. The van der Waals surface area contributed by atoms with Crippen LogP contribution in [0.2, 0.25) is 0 Å². The number of thioether (sulfide) groups is 1. The lowest BCUT2D eigenvalue weighted by atomic mass is 10.1. The van der Waals surface area contributed by atoms with Crippen molar-refractivity contribution >= 4 is 35.6 Å². The van der Waals surface area contributed by atoms with Gasteiger partial charge in [-0.15, -0.1) is 0 Å². The van der Waals surface area contributed by atoms with Crippen LogP contribution in [-0.2, 0) is 9.59 Å². The Kier molecular flexibility index (Phi) is 8.42. The highest BCUT2D eigenvalue weighted by Crippen LogP contribution is 2.10. The Balaban J connectivity index is 2.27. The summed E-state index contributed by atoms with van der Waals surface area (Å²) in [6.07, 6.45) is 3.43. The fraction of sp³-hybridized carbons (Fsp3) is 0.190. The van der Waals surface area contributed by atoms with Crippen LogP contribution >= 0.6 is 11.8 Å². The summed E-state index contributed by atoms with van der Waals surface area (Å²) >= 11 is 1.46. The highest BCUT2D eigenvalue weighted by molar-refractivity contribution is 7.98. The third-order valence-electron chi connectivity index (χ3n) is 3.92. The largest absolute Gasteiger partial charge is 0.480 e. The fourth-order valence-corrected chi connectivity index (χ4v) is 2.87. The van der Waals surface area contributed by atoms with Crippen molar-refractivity contribution in [1.29, 1.82) is 0 Å². The quantitative estimate of drug-likeness (QED) is 0.547. The average molecular weight is 416 g/mol. The molecule has 1 atom stereocenters. The molecule has 8 heteroatoms. The van der Waals surface area contributed by atoms with Crippen molar-refractivity contribution in [1.82, 2.24) is 10.6 Å². The van der Waals surface area contributed by atoms with E-state index in [0.29, 0.717) is 16.9 Å². The Morgan fingerprint density at radius 2 is 1.76 bits per heavy atom. The van der Waals surface area contributed by atoms with Crippen molar-refractivity contribution < 1.29 is 23.9 Å². The first-order chi connectivity index (χ1) is 13.9. The van der Waals surface area contributed by atoms with Crippen molar-refractivity contribution in [3.8, 4) is 0 Å². The third kappa shape index (κ3) is 7.08. The van der Waals surface area contributed by atoms with E-state index < -0.39 is 29.6 Å². The number of halogens is 1. The molecule has 0 saturated carbocycles. The fourth-order valence-electron chi connectivity index (χ4n) is 2.40. The van der Waals surface area contributed by atoms with E-state index in [1.165, 1.54) is 42.1 Å². The normalized spacial score (nSPS) is 12.1. The number of carboxylic acid groups (broad SMARTS) is 1. The molecule has 152 valence electrons. The summed E-state index contributed by atoms with van der Waals surface area (Å²) in [4.78, 5) is 36.6. The number of carboxylic acids is 1. The Morgan fingerprint density at radius 3 is 2.34 bits per heavy atom.